The van der Waals surface area contributed by atoms with Crippen molar-refractivity contribution in [2.45, 2.75) is 18.3 Å². The van der Waals surface area contributed by atoms with Gasteiger partial charge in [-0.25, -0.2) is 9.37 Å². The van der Waals surface area contributed by atoms with Crippen LogP contribution >= 0.6 is 12.2 Å². The Labute approximate surface area is 157 Å². The highest BCUT2D eigenvalue weighted by Gasteiger charge is 2.34. The van der Waals surface area contributed by atoms with Crippen molar-refractivity contribution in [2.24, 2.45) is 0 Å². The summed E-state index contributed by atoms with van der Waals surface area (Å²) in [6, 6.07) is 10.4. The van der Waals surface area contributed by atoms with Crippen LogP contribution in [0.2, 0.25) is 0 Å². The highest BCUT2D eigenvalue weighted by atomic mass is 32.1. The largest absolute Gasteiger partial charge is 0.480 e. The Balaban J connectivity index is 1.70. The SMILES string of the molecule is COc1ncccc1NC(=S)NCC1(c2ccc(F)cc2)CCOCC1. The van der Waals surface area contributed by atoms with E-state index >= 15 is 0 Å². The van der Waals surface area contributed by atoms with Crippen LogP contribution in [-0.2, 0) is 10.2 Å². The third-order valence-corrected chi connectivity index (χ3v) is 4.95. The highest BCUT2D eigenvalue weighted by molar-refractivity contribution is 7.80. The van der Waals surface area contributed by atoms with E-state index in [-0.39, 0.29) is 11.2 Å². The lowest BCUT2D eigenvalue weighted by molar-refractivity contribution is 0.0515. The molecule has 7 heteroatoms. The van der Waals surface area contributed by atoms with Crippen molar-refractivity contribution >= 4 is 23.0 Å². The number of halogens is 1. The molecular formula is C19H22FN3O2S. The lowest BCUT2D eigenvalue weighted by Gasteiger charge is -2.38. The normalized spacial score (nSPS) is 15.9. The number of anilines is 1. The summed E-state index contributed by atoms with van der Waals surface area (Å²) in [7, 11) is 1.57. The van der Waals surface area contributed by atoms with Crippen molar-refractivity contribution < 1.29 is 13.9 Å². The Bertz CT molecular complexity index is 749. The number of benzene rings is 1. The van der Waals surface area contributed by atoms with E-state index in [0.717, 1.165) is 18.4 Å². The molecule has 26 heavy (non-hydrogen) atoms. The number of ether oxygens (including phenoxy) is 2. The monoisotopic (exact) mass is 375 g/mol. The first-order valence-corrected chi connectivity index (χ1v) is 8.91. The zero-order chi connectivity index (χ0) is 18.4. The summed E-state index contributed by atoms with van der Waals surface area (Å²) in [5, 5.41) is 6.90. The molecular weight excluding hydrogens is 353 g/mol. The number of nitrogens with one attached hydrogen (secondary N) is 2. The number of methoxy groups -OCH3 is 1. The van der Waals surface area contributed by atoms with Gasteiger partial charge in [-0.15, -0.1) is 0 Å². The van der Waals surface area contributed by atoms with Crippen LogP contribution in [0.3, 0.4) is 0 Å². The molecule has 1 aliphatic heterocycles. The fourth-order valence-electron chi connectivity index (χ4n) is 3.20. The molecule has 0 saturated carbocycles. The van der Waals surface area contributed by atoms with Crippen LogP contribution in [-0.4, -0.2) is 37.0 Å². The van der Waals surface area contributed by atoms with E-state index in [9.17, 15) is 4.39 Å². The molecule has 0 radical (unpaired) electrons. The summed E-state index contributed by atoms with van der Waals surface area (Å²) in [6.45, 7) is 1.99. The van der Waals surface area contributed by atoms with Gasteiger partial charge in [0.1, 0.15) is 11.5 Å². The van der Waals surface area contributed by atoms with Gasteiger partial charge in [0.05, 0.1) is 7.11 Å². The van der Waals surface area contributed by atoms with Gasteiger partial charge in [-0.05, 0) is 54.9 Å². The average Bonchev–Trinajstić information content (AvgIpc) is 2.68. The molecule has 0 atom stereocenters. The van der Waals surface area contributed by atoms with Gasteiger partial charge in [0, 0.05) is 31.4 Å². The van der Waals surface area contributed by atoms with Crippen LogP contribution in [0.5, 0.6) is 5.88 Å². The van der Waals surface area contributed by atoms with Gasteiger partial charge in [-0.2, -0.15) is 0 Å². The number of hydrogen-bond acceptors (Lipinski definition) is 4. The predicted octanol–water partition coefficient (Wildman–Crippen LogP) is 3.26. The maximum absolute atomic E-state index is 13.3. The quantitative estimate of drug-likeness (QED) is 0.783. The zero-order valence-corrected chi connectivity index (χ0v) is 15.4. The van der Waals surface area contributed by atoms with Gasteiger partial charge in [-0.1, -0.05) is 12.1 Å². The Hall–Kier alpha value is -2.25. The van der Waals surface area contributed by atoms with E-state index in [0.29, 0.717) is 36.4 Å². The first kappa shape index (κ1) is 18.5. The first-order chi connectivity index (χ1) is 12.6. The van der Waals surface area contributed by atoms with E-state index in [1.807, 2.05) is 24.3 Å². The summed E-state index contributed by atoms with van der Waals surface area (Å²) in [5.41, 5.74) is 1.66. The summed E-state index contributed by atoms with van der Waals surface area (Å²) < 4.78 is 24.1. The second kappa shape index (κ2) is 8.42. The van der Waals surface area contributed by atoms with E-state index in [2.05, 4.69) is 15.6 Å². The van der Waals surface area contributed by atoms with E-state index < -0.39 is 0 Å². The van der Waals surface area contributed by atoms with E-state index in [1.54, 1.807) is 13.3 Å². The zero-order valence-electron chi connectivity index (χ0n) is 14.6. The van der Waals surface area contributed by atoms with Crippen LogP contribution in [0.1, 0.15) is 18.4 Å². The van der Waals surface area contributed by atoms with Crippen molar-refractivity contribution in [3.05, 3.63) is 54.0 Å². The standard InChI is InChI=1S/C19H22FN3O2S/c1-24-17-16(3-2-10-21-17)23-18(26)22-13-19(8-11-25-12-9-19)14-4-6-15(20)7-5-14/h2-7,10H,8-9,11-13H2,1H3,(H2,22,23,26). The molecule has 1 aliphatic rings. The molecule has 2 heterocycles. The molecule has 0 aliphatic carbocycles. The molecule has 1 aromatic carbocycles. The Morgan fingerprint density at radius 3 is 2.69 bits per heavy atom. The van der Waals surface area contributed by atoms with Crippen molar-refractivity contribution in [1.29, 1.82) is 0 Å². The van der Waals surface area contributed by atoms with Gasteiger partial charge in [0.15, 0.2) is 5.11 Å². The minimum atomic E-state index is -0.232. The number of nitrogens with zero attached hydrogens (tertiary/aromatic N) is 1. The third kappa shape index (κ3) is 4.28. The van der Waals surface area contributed by atoms with Crippen LogP contribution in [0.15, 0.2) is 42.6 Å². The molecule has 2 N–H and O–H groups in total. The molecule has 1 aromatic heterocycles. The van der Waals surface area contributed by atoms with E-state index in [4.69, 9.17) is 21.7 Å². The second-order valence-electron chi connectivity index (χ2n) is 6.27. The van der Waals surface area contributed by atoms with Gasteiger partial charge in [-0.3, -0.25) is 0 Å². The van der Waals surface area contributed by atoms with Gasteiger partial charge in [0.25, 0.3) is 0 Å². The number of pyridine rings is 1. The summed E-state index contributed by atoms with van der Waals surface area (Å²) in [5.74, 6) is 0.251. The van der Waals surface area contributed by atoms with Gasteiger partial charge in [0.2, 0.25) is 5.88 Å². The molecule has 2 aromatic rings. The number of thiocarbonyl (C=S) groups is 1. The summed E-state index contributed by atoms with van der Waals surface area (Å²) in [4.78, 5) is 4.15. The number of hydrogen-bond donors (Lipinski definition) is 2. The lowest BCUT2D eigenvalue weighted by atomic mass is 9.74. The third-order valence-electron chi connectivity index (χ3n) is 4.71. The predicted molar refractivity (Wildman–Crippen MR) is 103 cm³/mol. The topological polar surface area (TPSA) is 55.4 Å². The molecule has 1 saturated heterocycles. The maximum atomic E-state index is 13.3. The van der Waals surface area contributed by atoms with Gasteiger partial charge < -0.3 is 20.1 Å². The molecule has 0 spiro atoms. The molecule has 5 nitrogen and oxygen atoms in total. The number of rotatable bonds is 5. The minimum absolute atomic E-state index is 0.142. The number of aromatic nitrogens is 1. The molecule has 0 unspecified atom stereocenters. The van der Waals surface area contributed by atoms with Crippen LogP contribution in [0.4, 0.5) is 10.1 Å². The van der Waals surface area contributed by atoms with Crippen LogP contribution in [0, 0.1) is 5.82 Å². The van der Waals surface area contributed by atoms with Crippen LogP contribution < -0.4 is 15.4 Å². The molecule has 0 bridgehead atoms. The summed E-state index contributed by atoms with van der Waals surface area (Å²) in [6.07, 6.45) is 3.36. The fourth-order valence-corrected chi connectivity index (χ4v) is 3.38. The van der Waals surface area contributed by atoms with Crippen molar-refractivity contribution in [3.8, 4) is 5.88 Å². The fraction of sp³-hybridized carbons (Fsp3) is 0.368. The van der Waals surface area contributed by atoms with E-state index in [1.165, 1.54) is 12.1 Å². The molecule has 0 amide bonds. The molecule has 1 fully saturated rings. The van der Waals surface area contributed by atoms with Crippen molar-refractivity contribution in [1.82, 2.24) is 10.3 Å². The molecule has 138 valence electrons. The maximum Gasteiger partial charge on any atom is 0.237 e. The Morgan fingerprint density at radius 2 is 2.00 bits per heavy atom. The minimum Gasteiger partial charge on any atom is -0.480 e. The van der Waals surface area contributed by atoms with Crippen molar-refractivity contribution in [3.63, 3.8) is 0 Å². The van der Waals surface area contributed by atoms with Crippen molar-refractivity contribution in [2.75, 3.05) is 32.2 Å². The highest BCUT2D eigenvalue weighted by Crippen LogP contribution is 2.34. The Kier molecular flexibility index (Phi) is 6.00. The molecule has 3 rings (SSSR count). The van der Waals surface area contributed by atoms with Crippen LogP contribution in [0.25, 0.3) is 0 Å². The first-order valence-electron chi connectivity index (χ1n) is 8.51. The smallest absolute Gasteiger partial charge is 0.237 e. The average molecular weight is 375 g/mol. The summed E-state index contributed by atoms with van der Waals surface area (Å²) >= 11 is 5.44. The van der Waals surface area contributed by atoms with Gasteiger partial charge >= 0.3 is 0 Å². The second-order valence-corrected chi connectivity index (χ2v) is 6.68. The lowest BCUT2D eigenvalue weighted by Crippen LogP contribution is -2.45. The Morgan fingerprint density at radius 1 is 1.27 bits per heavy atom.